The first-order valence-corrected chi connectivity index (χ1v) is 9.17. The zero-order valence-corrected chi connectivity index (χ0v) is 16.5. The fourth-order valence-corrected chi connectivity index (χ4v) is 3.55. The number of fused-ring (bicyclic) bond motifs is 1. The summed E-state index contributed by atoms with van der Waals surface area (Å²) in [5.74, 6) is 1.82. The summed E-state index contributed by atoms with van der Waals surface area (Å²) < 4.78 is 11.7. The Kier molecular flexibility index (Phi) is 5.05. The summed E-state index contributed by atoms with van der Waals surface area (Å²) in [5.41, 5.74) is 3.67. The fraction of sp³-hybridized carbons (Fsp3) is 0.409. The summed E-state index contributed by atoms with van der Waals surface area (Å²) in [4.78, 5) is 11.3. The molecule has 1 unspecified atom stereocenters. The van der Waals surface area contributed by atoms with Gasteiger partial charge in [0.25, 0.3) is 0 Å². The molecule has 0 aliphatic carbocycles. The third kappa shape index (κ3) is 3.72. The van der Waals surface area contributed by atoms with Gasteiger partial charge >= 0.3 is 6.09 Å². The molecule has 144 valence electrons. The Labute approximate surface area is 160 Å². The first-order chi connectivity index (χ1) is 12.7. The normalized spacial score (nSPS) is 17.8. The Bertz CT molecular complexity index is 857. The summed E-state index contributed by atoms with van der Waals surface area (Å²) in [7, 11) is 1.63. The topological polar surface area (TPSA) is 67.8 Å². The maximum absolute atomic E-state index is 11.3. The van der Waals surface area contributed by atoms with Crippen molar-refractivity contribution in [2.24, 2.45) is 5.41 Å². The summed E-state index contributed by atoms with van der Waals surface area (Å²) in [5, 5.41) is 11.9. The number of rotatable bonds is 4. The number of carboxylic acid groups (broad SMARTS) is 1. The molecule has 2 aromatic rings. The van der Waals surface area contributed by atoms with Crippen molar-refractivity contribution in [3.63, 3.8) is 0 Å². The van der Waals surface area contributed by atoms with Gasteiger partial charge in [0.1, 0.15) is 11.5 Å². The molecule has 1 amide bonds. The summed E-state index contributed by atoms with van der Waals surface area (Å²) in [6.07, 6.45) is -1.05. The van der Waals surface area contributed by atoms with E-state index >= 15 is 0 Å². The Balaban J connectivity index is 2.13. The van der Waals surface area contributed by atoms with Crippen molar-refractivity contribution in [3.05, 3.63) is 47.5 Å². The number of amides is 1. The van der Waals surface area contributed by atoms with Crippen LogP contribution in [0.2, 0.25) is 0 Å². The van der Waals surface area contributed by atoms with Gasteiger partial charge in [0.15, 0.2) is 0 Å². The van der Waals surface area contributed by atoms with E-state index in [1.807, 2.05) is 32.0 Å². The molecule has 0 radical (unpaired) electrons. The van der Waals surface area contributed by atoms with Gasteiger partial charge in [-0.25, -0.2) is 4.79 Å². The molecule has 1 aliphatic rings. The van der Waals surface area contributed by atoms with Crippen LogP contribution in [0.15, 0.2) is 36.4 Å². The molecule has 0 aromatic heterocycles. The smallest absolute Gasteiger partial charge is 0.405 e. The molecule has 2 N–H and O–H groups in total. The van der Waals surface area contributed by atoms with Crippen LogP contribution in [-0.2, 0) is 0 Å². The molecule has 27 heavy (non-hydrogen) atoms. The van der Waals surface area contributed by atoms with E-state index in [4.69, 9.17) is 9.47 Å². The van der Waals surface area contributed by atoms with Gasteiger partial charge in [-0.3, -0.25) is 0 Å². The van der Waals surface area contributed by atoms with Gasteiger partial charge in [0.2, 0.25) is 0 Å². The van der Waals surface area contributed by atoms with E-state index in [1.54, 1.807) is 7.11 Å². The fourth-order valence-electron chi connectivity index (χ4n) is 3.55. The van der Waals surface area contributed by atoms with Crippen LogP contribution in [0.1, 0.15) is 50.8 Å². The first-order valence-electron chi connectivity index (χ1n) is 9.17. The minimum absolute atomic E-state index is 0.366. The number of methoxy groups -OCH3 is 1. The summed E-state index contributed by atoms with van der Waals surface area (Å²) in [6, 6.07) is 11.9. The second-order valence-corrected chi connectivity index (χ2v) is 8.03. The minimum Gasteiger partial charge on any atom is -0.496 e. The quantitative estimate of drug-likeness (QED) is 0.776. The van der Waals surface area contributed by atoms with Crippen LogP contribution in [0, 0.1) is 5.41 Å². The van der Waals surface area contributed by atoms with E-state index < -0.39 is 6.09 Å². The highest BCUT2D eigenvalue weighted by Crippen LogP contribution is 2.47. The van der Waals surface area contributed by atoms with Gasteiger partial charge in [-0.2, -0.15) is 0 Å². The Morgan fingerprint density at radius 3 is 2.67 bits per heavy atom. The highest BCUT2D eigenvalue weighted by atomic mass is 16.5. The van der Waals surface area contributed by atoms with Crippen LogP contribution in [0.4, 0.5) is 4.79 Å². The van der Waals surface area contributed by atoms with Crippen LogP contribution in [0.3, 0.4) is 0 Å². The molecule has 1 atom stereocenters. The average molecular weight is 369 g/mol. The van der Waals surface area contributed by atoms with E-state index in [2.05, 4.69) is 37.4 Å². The lowest BCUT2D eigenvalue weighted by molar-refractivity contribution is 0.0993. The lowest BCUT2D eigenvalue weighted by Gasteiger charge is -2.39. The van der Waals surface area contributed by atoms with E-state index in [1.165, 1.54) is 5.56 Å². The standard InChI is InChI=1S/C22H27NO4/c1-13(2)14-7-6-8-15(9-14)16-10-19-17(11-18(16)26-5)20(23-21(24)25)22(3,4)12-27-19/h6-11,13,20,23H,12H2,1-5H3,(H,24,25). The zero-order chi connectivity index (χ0) is 19.8. The van der Waals surface area contributed by atoms with Crippen molar-refractivity contribution in [1.82, 2.24) is 5.32 Å². The highest BCUT2D eigenvalue weighted by molar-refractivity contribution is 5.75. The van der Waals surface area contributed by atoms with Crippen LogP contribution in [0.5, 0.6) is 11.5 Å². The first kappa shape index (κ1) is 19.1. The van der Waals surface area contributed by atoms with Crippen molar-refractivity contribution in [3.8, 4) is 22.6 Å². The number of benzene rings is 2. The summed E-state index contributed by atoms with van der Waals surface area (Å²) in [6.45, 7) is 8.74. The molecule has 1 aliphatic heterocycles. The molecule has 0 spiro atoms. The molecule has 1 heterocycles. The number of carbonyl (C=O) groups is 1. The Morgan fingerprint density at radius 1 is 1.30 bits per heavy atom. The predicted molar refractivity (Wildman–Crippen MR) is 106 cm³/mol. The summed E-state index contributed by atoms with van der Waals surface area (Å²) >= 11 is 0. The average Bonchev–Trinajstić information content (AvgIpc) is 2.63. The van der Waals surface area contributed by atoms with Crippen molar-refractivity contribution < 1.29 is 19.4 Å². The van der Waals surface area contributed by atoms with Gasteiger partial charge < -0.3 is 19.9 Å². The molecule has 0 bridgehead atoms. The zero-order valence-electron chi connectivity index (χ0n) is 16.5. The van der Waals surface area contributed by atoms with E-state index in [-0.39, 0.29) is 11.5 Å². The molecule has 5 nitrogen and oxygen atoms in total. The van der Waals surface area contributed by atoms with Gasteiger partial charge in [0, 0.05) is 16.5 Å². The molecule has 0 saturated heterocycles. The molecule has 5 heteroatoms. The van der Waals surface area contributed by atoms with Crippen LogP contribution < -0.4 is 14.8 Å². The second-order valence-electron chi connectivity index (χ2n) is 8.03. The van der Waals surface area contributed by atoms with Crippen LogP contribution in [0.25, 0.3) is 11.1 Å². The van der Waals surface area contributed by atoms with Gasteiger partial charge in [-0.15, -0.1) is 0 Å². The van der Waals surface area contributed by atoms with Gasteiger partial charge in [-0.1, -0.05) is 52.0 Å². The van der Waals surface area contributed by atoms with Gasteiger partial charge in [-0.05, 0) is 29.2 Å². The van der Waals surface area contributed by atoms with E-state index in [0.29, 0.717) is 24.0 Å². The number of hydrogen-bond acceptors (Lipinski definition) is 3. The largest absolute Gasteiger partial charge is 0.496 e. The lowest BCUT2D eigenvalue weighted by Crippen LogP contribution is -2.43. The number of nitrogens with one attached hydrogen (secondary N) is 1. The number of hydrogen-bond donors (Lipinski definition) is 2. The lowest BCUT2D eigenvalue weighted by atomic mass is 9.78. The molecule has 0 fully saturated rings. The SMILES string of the molecule is COc1cc2c(cc1-c1cccc(C(C)C)c1)OCC(C)(C)C2NC(=O)O. The van der Waals surface area contributed by atoms with Crippen molar-refractivity contribution in [1.29, 1.82) is 0 Å². The number of ether oxygens (including phenoxy) is 2. The molecule has 2 aromatic carbocycles. The van der Waals surface area contributed by atoms with Crippen molar-refractivity contribution in [2.45, 2.75) is 39.7 Å². The molecule has 0 saturated carbocycles. The van der Waals surface area contributed by atoms with E-state index in [9.17, 15) is 9.90 Å². The monoisotopic (exact) mass is 369 g/mol. The highest BCUT2D eigenvalue weighted by Gasteiger charge is 2.39. The second kappa shape index (κ2) is 7.14. The van der Waals surface area contributed by atoms with Gasteiger partial charge in [0.05, 0.1) is 19.8 Å². The minimum atomic E-state index is -1.05. The molecular weight excluding hydrogens is 342 g/mol. The van der Waals surface area contributed by atoms with E-state index in [0.717, 1.165) is 16.7 Å². The van der Waals surface area contributed by atoms with Crippen LogP contribution >= 0.6 is 0 Å². The third-order valence-corrected chi connectivity index (χ3v) is 5.16. The molecular formula is C22H27NO4. The van der Waals surface area contributed by atoms with Crippen molar-refractivity contribution in [2.75, 3.05) is 13.7 Å². The maximum Gasteiger partial charge on any atom is 0.405 e. The Morgan fingerprint density at radius 2 is 2.04 bits per heavy atom. The third-order valence-electron chi connectivity index (χ3n) is 5.16. The molecule has 3 rings (SSSR count). The maximum atomic E-state index is 11.3. The van der Waals surface area contributed by atoms with Crippen molar-refractivity contribution >= 4 is 6.09 Å². The Hall–Kier alpha value is -2.69. The predicted octanol–water partition coefficient (Wildman–Crippen LogP) is 5.21. The van der Waals surface area contributed by atoms with Crippen LogP contribution in [-0.4, -0.2) is 24.9 Å².